The van der Waals surface area contributed by atoms with E-state index in [-0.39, 0.29) is 35.4 Å². The van der Waals surface area contributed by atoms with Gasteiger partial charge < -0.3 is 9.90 Å². The number of allylic oxidation sites excluding steroid dienone is 1. The van der Waals surface area contributed by atoms with Crippen molar-refractivity contribution in [3.63, 3.8) is 0 Å². The number of carbonyl (C=O) groups is 3. The Balaban J connectivity index is 1.37. The first kappa shape index (κ1) is 30.1. The van der Waals surface area contributed by atoms with Crippen LogP contribution in [0.1, 0.15) is 71.1 Å². The highest BCUT2D eigenvalue weighted by Gasteiger charge is 2.70. The largest absolute Gasteiger partial charge is 0.393 e. The van der Waals surface area contributed by atoms with Crippen LogP contribution in [0.2, 0.25) is 0 Å². The van der Waals surface area contributed by atoms with Crippen LogP contribution in [-0.4, -0.2) is 49.7 Å². The highest BCUT2D eigenvalue weighted by atomic mass is 32.2. The van der Waals surface area contributed by atoms with Gasteiger partial charge in [-0.2, -0.15) is 16.9 Å². The van der Waals surface area contributed by atoms with Gasteiger partial charge in [-0.1, -0.05) is 26.3 Å². The number of aromatic nitrogens is 2. The SMILES string of the molecule is CCSC1(CC=O)C[C@H]2[C@@H]3CCC4=Cc5c(cnn5-c5ccc(F)cc5)C[C@]4(C)[C@H]3[C@@H](O)C[C@]2(C)[C@@H]1C(=O)OOC(C)=O. The Hall–Kier alpha value is -2.98. The van der Waals surface area contributed by atoms with Crippen molar-refractivity contribution in [2.24, 2.45) is 34.5 Å². The number of rotatable bonds is 6. The molecule has 10 heteroatoms. The van der Waals surface area contributed by atoms with E-state index in [9.17, 15) is 23.9 Å². The van der Waals surface area contributed by atoms with Crippen molar-refractivity contribution in [1.29, 1.82) is 0 Å². The second kappa shape index (κ2) is 10.9. The van der Waals surface area contributed by atoms with E-state index in [0.717, 1.165) is 42.5 Å². The van der Waals surface area contributed by atoms with E-state index < -0.39 is 34.1 Å². The minimum absolute atomic E-state index is 0.0447. The molecule has 1 N–H and O–H groups in total. The molecule has 230 valence electrons. The second-order valence-electron chi connectivity index (χ2n) is 13.3. The van der Waals surface area contributed by atoms with Gasteiger partial charge in [0.1, 0.15) is 12.1 Å². The molecule has 43 heavy (non-hydrogen) atoms. The highest BCUT2D eigenvalue weighted by molar-refractivity contribution is 8.00. The molecule has 1 unspecified atom stereocenters. The van der Waals surface area contributed by atoms with Gasteiger partial charge in [-0.3, -0.25) is 0 Å². The maximum atomic E-state index is 13.7. The van der Waals surface area contributed by atoms with Crippen LogP contribution in [0.25, 0.3) is 11.8 Å². The number of nitrogens with zero attached hydrogens (tertiary/aromatic N) is 2. The summed E-state index contributed by atoms with van der Waals surface area (Å²) in [5, 5.41) is 16.7. The summed E-state index contributed by atoms with van der Waals surface area (Å²) < 4.78 is 14.7. The van der Waals surface area contributed by atoms with Gasteiger partial charge in [0, 0.05) is 18.1 Å². The Bertz CT molecular complexity index is 1470. The topological polar surface area (TPSA) is 108 Å². The molecular weight excluding hydrogens is 571 g/mol. The van der Waals surface area contributed by atoms with Crippen LogP contribution in [0.4, 0.5) is 4.39 Å². The predicted octanol–water partition coefficient (Wildman–Crippen LogP) is 5.49. The van der Waals surface area contributed by atoms with Gasteiger partial charge in [0.2, 0.25) is 0 Å². The van der Waals surface area contributed by atoms with Crippen molar-refractivity contribution in [3.05, 3.63) is 53.1 Å². The number of aliphatic hydroxyl groups is 1. The average molecular weight is 611 g/mol. The zero-order valence-electron chi connectivity index (χ0n) is 25.0. The lowest BCUT2D eigenvalue weighted by atomic mass is 9.46. The normalized spacial score (nSPS) is 36.0. The molecule has 0 aliphatic heterocycles. The first-order chi connectivity index (χ1) is 20.5. The molecular formula is C33H39FN2O6S. The molecule has 8 atom stereocenters. The fourth-order valence-electron chi connectivity index (χ4n) is 9.62. The maximum absolute atomic E-state index is 13.7. The number of thioether (sulfide) groups is 1. The zero-order valence-corrected chi connectivity index (χ0v) is 25.9. The summed E-state index contributed by atoms with van der Waals surface area (Å²) in [4.78, 5) is 47.0. The lowest BCUT2D eigenvalue weighted by Gasteiger charge is -2.59. The fraction of sp³-hybridized carbons (Fsp3) is 0.576. The number of fused-ring (bicyclic) bond motifs is 6. The van der Waals surface area contributed by atoms with Crippen LogP contribution < -0.4 is 0 Å². The molecule has 2 aromatic rings. The molecule has 0 bridgehead atoms. The van der Waals surface area contributed by atoms with Gasteiger partial charge >= 0.3 is 11.9 Å². The lowest BCUT2D eigenvalue weighted by Crippen LogP contribution is -2.57. The number of aliphatic hydroxyl groups excluding tert-OH is 1. The summed E-state index contributed by atoms with van der Waals surface area (Å²) in [6.07, 6.45) is 7.92. The van der Waals surface area contributed by atoms with E-state index in [1.807, 2.05) is 17.8 Å². The third-order valence-electron chi connectivity index (χ3n) is 11.0. The van der Waals surface area contributed by atoms with Gasteiger partial charge in [-0.05, 0) is 102 Å². The summed E-state index contributed by atoms with van der Waals surface area (Å²) in [7, 11) is 0. The number of hydrogen-bond donors (Lipinski definition) is 1. The van der Waals surface area contributed by atoms with Crippen LogP contribution >= 0.6 is 11.8 Å². The van der Waals surface area contributed by atoms with E-state index in [4.69, 9.17) is 9.78 Å². The second-order valence-corrected chi connectivity index (χ2v) is 15.0. The smallest absolute Gasteiger partial charge is 0.360 e. The molecule has 6 rings (SSSR count). The predicted molar refractivity (Wildman–Crippen MR) is 159 cm³/mol. The average Bonchev–Trinajstić information content (AvgIpc) is 3.45. The summed E-state index contributed by atoms with van der Waals surface area (Å²) >= 11 is 1.60. The summed E-state index contributed by atoms with van der Waals surface area (Å²) in [5.74, 6) is -1.53. The third-order valence-corrected chi connectivity index (χ3v) is 12.5. The molecule has 1 aromatic carbocycles. The highest BCUT2D eigenvalue weighted by Crippen LogP contribution is 2.71. The Morgan fingerprint density at radius 1 is 1.21 bits per heavy atom. The van der Waals surface area contributed by atoms with E-state index in [2.05, 4.69) is 25.0 Å². The molecule has 8 nitrogen and oxygen atoms in total. The first-order valence-corrected chi connectivity index (χ1v) is 16.1. The van der Waals surface area contributed by atoms with Gasteiger partial charge in [0.05, 0.1) is 29.6 Å². The molecule has 3 saturated carbocycles. The Morgan fingerprint density at radius 2 is 1.95 bits per heavy atom. The first-order valence-electron chi connectivity index (χ1n) is 15.2. The van der Waals surface area contributed by atoms with Crippen LogP contribution in [0.5, 0.6) is 0 Å². The minimum atomic E-state index is -0.722. The van der Waals surface area contributed by atoms with Gasteiger partial charge in [-0.15, -0.1) is 0 Å². The van der Waals surface area contributed by atoms with Crippen LogP contribution in [-0.2, 0) is 30.6 Å². The zero-order chi connectivity index (χ0) is 30.7. The maximum Gasteiger partial charge on any atom is 0.360 e. The quantitative estimate of drug-likeness (QED) is 0.260. The molecule has 3 fully saturated rings. The Labute approximate surface area is 255 Å². The van der Waals surface area contributed by atoms with Crippen LogP contribution in [0.3, 0.4) is 0 Å². The lowest BCUT2D eigenvalue weighted by molar-refractivity contribution is -0.264. The number of aldehydes is 1. The van der Waals surface area contributed by atoms with Crippen LogP contribution in [0.15, 0.2) is 36.0 Å². The van der Waals surface area contributed by atoms with Gasteiger partial charge in [0.25, 0.3) is 0 Å². The number of benzene rings is 1. The van der Waals surface area contributed by atoms with E-state index >= 15 is 0 Å². The molecule has 0 spiro atoms. The van der Waals surface area contributed by atoms with Crippen molar-refractivity contribution in [3.8, 4) is 5.69 Å². The summed E-state index contributed by atoms with van der Waals surface area (Å²) in [6, 6.07) is 6.31. The Morgan fingerprint density at radius 3 is 2.63 bits per heavy atom. The van der Waals surface area contributed by atoms with Gasteiger partial charge in [0.15, 0.2) is 0 Å². The number of halogens is 1. The standard InChI is InChI=1S/C33H39FN2O6S/c1-5-43-33(12-13-37)16-25-24-11-6-21-14-26-20(18-35-36(26)23-9-7-22(34)8-10-23)15-31(21,3)28(24)27(39)17-32(25,4)29(33)30(40)42-41-19(2)38/h7-10,13-14,18,24-25,27-29,39H,5-6,11-12,15-17H2,1-4H3/t24-,25-,27-,28+,29-,31-,32-,33?/m0/s1. The molecule has 4 aliphatic rings. The van der Waals surface area contributed by atoms with E-state index in [1.54, 1.807) is 23.9 Å². The molecule has 1 heterocycles. The fourth-order valence-corrected chi connectivity index (χ4v) is 11.2. The number of hydrogen-bond acceptors (Lipinski definition) is 8. The van der Waals surface area contributed by atoms with Crippen molar-refractivity contribution < 1.29 is 33.7 Å². The summed E-state index contributed by atoms with van der Waals surface area (Å²) in [5.41, 5.74) is 3.19. The van der Waals surface area contributed by atoms with Gasteiger partial charge in [-0.25, -0.2) is 28.4 Å². The van der Waals surface area contributed by atoms with Crippen molar-refractivity contribution in [2.45, 2.75) is 77.1 Å². The Kier molecular flexibility index (Phi) is 7.60. The van der Waals surface area contributed by atoms with Crippen LogP contribution in [0, 0.1) is 40.3 Å². The van der Waals surface area contributed by atoms with Crippen molar-refractivity contribution in [2.75, 3.05) is 5.75 Å². The monoisotopic (exact) mass is 610 g/mol. The van der Waals surface area contributed by atoms with E-state index in [1.165, 1.54) is 24.6 Å². The minimum Gasteiger partial charge on any atom is -0.393 e. The van der Waals surface area contributed by atoms with Crippen molar-refractivity contribution >= 4 is 36.1 Å². The molecule has 1 aromatic heterocycles. The number of carbonyl (C=O) groups excluding carboxylic acids is 3. The summed E-state index contributed by atoms with van der Waals surface area (Å²) in [6.45, 7) is 7.49. The molecule has 0 radical (unpaired) electrons. The van der Waals surface area contributed by atoms with E-state index in [0.29, 0.717) is 18.6 Å². The molecule has 0 saturated heterocycles. The van der Waals surface area contributed by atoms with Crippen molar-refractivity contribution in [1.82, 2.24) is 9.78 Å². The third kappa shape index (κ3) is 4.67. The molecule has 0 amide bonds. The molecule has 4 aliphatic carbocycles.